The third-order valence-electron chi connectivity index (χ3n) is 4.94. The van der Waals surface area contributed by atoms with Gasteiger partial charge in [-0.2, -0.15) is 0 Å². The maximum atomic E-state index is 12.7. The largest absolute Gasteiger partial charge is 0.491 e. The quantitative estimate of drug-likeness (QED) is 0.657. The van der Waals surface area contributed by atoms with Crippen molar-refractivity contribution in [2.45, 2.75) is 38.5 Å². The number of rotatable bonds is 3. The molecule has 6 heteroatoms. The number of ether oxygens (including phenoxy) is 1. The number of carbonyl (C=O) groups excluding carboxylic acids is 2. The van der Waals surface area contributed by atoms with Gasteiger partial charge in [-0.05, 0) is 37.0 Å². The number of hydroxylamine groups is 1. The Morgan fingerprint density at radius 3 is 2.83 bits per heavy atom. The molecule has 24 heavy (non-hydrogen) atoms. The summed E-state index contributed by atoms with van der Waals surface area (Å²) in [6.45, 7) is 1.86. The van der Waals surface area contributed by atoms with E-state index in [4.69, 9.17) is 9.94 Å². The van der Waals surface area contributed by atoms with Crippen molar-refractivity contribution in [3.63, 3.8) is 0 Å². The molecule has 2 N–H and O–H groups in total. The number of hydrogen-bond acceptors (Lipinski definition) is 4. The second-order valence-electron chi connectivity index (χ2n) is 6.63. The molecule has 2 aliphatic rings. The molecule has 0 radical (unpaired) electrons. The molecule has 0 spiro atoms. The van der Waals surface area contributed by atoms with Gasteiger partial charge in [0.1, 0.15) is 12.4 Å². The maximum Gasteiger partial charge on any atom is 0.274 e. The monoisotopic (exact) mass is 332 g/mol. The number of carbonyl (C=O) groups is 2. The molecule has 0 bridgehead atoms. The van der Waals surface area contributed by atoms with E-state index in [1.54, 1.807) is 23.7 Å². The average Bonchev–Trinajstić information content (AvgIpc) is 2.60. The molecule has 3 rings (SSSR count). The molecule has 0 aromatic heterocycles. The average molecular weight is 332 g/mol. The Morgan fingerprint density at radius 2 is 2.08 bits per heavy atom. The van der Waals surface area contributed by atoms with Gasteiger partial charge in [0, 0.05) is 17.7 Å². The number of nitrogens with one attached hydrogen (secondary N) is 1. The van der Waals surface area contributed by atoms with Crippen molar-refractivity contribution in [2.75, 3.05) is 19.7 Å². The molecule has 0 atom stereocenters. The minimum Gasteiger partial charge on any atom is -0.491 e. The van der Waals surface area contributed by atoms with Crippen LogP contribution < -0.4 is 10.2 Å². The number of amides is 2. The van der Waals surface area contributed by atoms with Crippen molar-refractivity contribution in [3.8, 4) is 5.75 Å². The maximum absolute atomic E-state index is 12.7. The van der Waals surface area contributed by atoms with Gasteiger partial charge in [0.25, 0.3) is 5.91 Å². The van der Waals surface area contributed by atoms with Gasteiger partial charge in [-0.3, -0.25) is 14.8 Å². The summed E-state index contributed by atoms with van der Waals surface area (Å²) in [4.78, 5) is 26.1. The van der Waals surface area contributed by atoms with Crippen LogP contribution in [-0.2, 0) is 11.2 Å². The van der Waals surface area contributed by atoms with Gasteiger partial charge in [-0.1, -0.05) is 19.3 Å². The fourth-order valence-electron chi connectivity index (χ4n) is 3.60. The van der Waals surface area contributed by atoms with Crippen molar-refractivity contribution in [2.24, 2.45) is 5.92 Å². The van der Waals surface area contributed by atoms with Gasteiger partial charge in [-0.15, -0.1) is 0 Å². The molecule has 0 saturated heterocycles. The first kappa shape index (κ1) is 16.8. The molecule has 1 saturated carbocycles. The number of fused-ring (bicyclic) bond motifs is 1. The van der Waals surface area contributed by atoms with E-state index >= 15 is 0 Å². The van der Waals surface area contributed by atoms with Gasteiger partial charge in [0.2, 0.25) is 5.91 Å². The topological polar surface area (TPSA) is 78.9 Å². The molecule has 1 aromatic carbocycles. The van der Waals surface area contributed by atoms with Crippen LogP contribution in [0, 0.1) is 5.92 Å². The lowest BCUT2D eigenvalue weighted by Crippen LogP contribution is -2.40. The van der Waals surface area contributed by atoms with E-state index in [0.717, 1.165) is 6.54 Å². The lowest BCUT2D eigenvalue weighted by atomic mass is 9.89. The first-order valence-electron chi connectivity index (χ1n) is 8.65. The predicted molar refractivity (Wildman–Crippen MR) is 88.0 cm³/mol. The summed E-state index contributed by atoms with van der Waals surface area (Å²) in [5.74, 6) is 0.710. The summed E-state index contributed by atoms with van der Waals surface area (Å²) in [6, 6.07) is 4.88. The lowest BCUT2D eigenvalue weighted by Gasteiger charge is -2.31. The Morgan fingerprint density at radius 1 is 1.29 bits per heavy atom. The zero-order chi connectivity index (χ0) is 16.9. The van der Waals surface area contributed by atoms with Crippen LogP contribution >= 0.6 is 0 Å². The standard InChI is InChI=1S/C18H24N2O4/c21-17-11-15-10-14(18(22)19-23)6-7-16(15)24-9-8-20(17)12-13-4-2-1-3-5-13/h6-7,10,13,23H,1-5,8-9,11-12H2,(H,19,22). The van der Waals surface area contributed by atoms with Gasteiger partial charge in [0.15, 0.2) is 0 Å². The Kier molecular flexibility index (Phi) is 5.35. The van der Waals surface area contributed by atoms with Crippen molar-refractivity contribution >= 4 is 11.8 Å². The molecule has 130 valence electrons. The highest BCUT2D eigenvalue weighted by Crippen LogP contribution is 2.27. The summed E-state index contributed by atoms with van der Waals surface area (Å²) in [7, 11) is 0. The van der Waals surface area contributed by atoms with Crippen LogP contribution in [0.3, 0.4) is 0 Å². The minimum atomic E-state index is -0.591. The van der Waals surface area contributed by atoms with Crippen molar-refractivity contribution in [1.29, 1.82) is 0 Å². The molecule has 1 fully saturated rings. The fourth-order valence-corrected chi connectivity index (χ4v) is 3.60. The Balaban J connectivity index is 1.73. The van der Waals surface area contributed by atoms with E-state index in [2.05, 4.69) is 0 Å². The van der Waals surface area contributed by atoms with E-state index in [1.165, 1.54) is 32.1 Å². The van der Waals surface area contributed by atoms with Crippen LogP contribution in [-0.4, -0.2) is 41.6 Å². The summed E-state index contributed by atoms with van der Waals surface area (Å²) >= 11 is 0. The Hall–Kier alpha value is -2.08. The van der Waals surface area contributed by atoms with Gasteiger partial charge < -0.3 is 9.64 Å². The van der Waals surface area contributed by atoms with E-state index in [0.29, 0.717) is 35.9 Å². The van der Waals surface area contributed by atoms with Crippen molar-refractivity contribution in [3.05, 3.63) is 29.3 Å². The van der Waals surface area contributed by atoms with E-state index in [1.807, 2.05) is 4.90 Å². The van der Waals surface area contributed by atoms with Crippen LogP contribution in [0.5, 0.6) is 5.75 Å². The zero-order valence-corrected chi connectivity index (χ0v) is 13.8. The van der Waals surface area contributed by atoms with Gasteiger partial charge in [-0.25, -0.2) is 5.48 Å². The van der Waals surface area contributed by atoms with Crippen molar-refractivity contribution in [1.82, 2.24) is 10.4 Å². The Bertz CT molecular complexity index is 611. The molecule has 1 heterocycles. The van der Waals surface area contributed by atoms with Crippen LogP contribution in [0.25, 0.3) is 0 Å². The highest BCUT2D eigenvalue weighted by molar-refractivity contribution is 5.94. The van der Waals surface area contributed by atoms with Crippen molar-refractivity contribution < 1.29 is 19.5 Å². The smallest absolute Gasteiger partial charge is 0.274 e. The molecule has 6 nitrogen and oxygen atoms in total. The summed E-state index contributed by atoms with van der Waals surface area (Å²) < 4.78 is 5.78. The Labute approximate surface area is 141 Å². The lowest BCUT2D eigenvalue weighted by molar-refractivity contribution is -0.132. The fraction of sp³-hybridized carbons (Fsp3) is 0.556. The second kappa shape index (κ2) is 7.66. The molecule has 1 aliphatic heterocycles. The molecular formula is C18H24N2O4. The van der Waals surface area contributed by atoms with E-state index in [-0.39, 0.29) is 12.3 Å². The number of nitrogens with zero attached hydrogens (tertiary/aromatic N) is 1. The molecular weight excluding hydrogens is 308 g/mol. The normalized spacial score (nSPS) is 19.0. The summed E-state index contributed by atoms with van der Waals surface area (Å²) in [6.07, 6.45) is 6.42. The van der Waals surface area contributed by atoms with E-state index < -0.39 is 5.91 Å². The van der Waals surface area contributed by atoms with E-state index in [9.17, 15) is 9.59 Å². The molecule has 0 unspecified atom stereocenters. The zero-order valence-electron chi connectivity index (χ0n) is 13.8. The van der Waals surface area contributed by atoms with Crippen LogP contribution in [0.4, 0.5) is 0 Å². The second-order valence-corrected chi connectivity index (χ2v) is 6.63. The highest BCUT2D eigenvalue weighted by atomic mass is 16.5. The summed E-state index contributed by atoms with van der Waals surface area (Å²) in [5.41, 5.74) is 2.62. The minimum absolute atomic E-state index is 0.0756. The molecule has 2 amide bonds. The number of benzene rings is 1. The third kappa shape index (κ3) is 3.87. The van der Waals surface area contributed by atoms with Gasteiger partial charge >= 0.3 is 0 Å². The highest BCUT2D eigenvalue weighted by Gasteiger charge is 2.24. The molecule has 1 aliphatic carbocycles. The van der Waals surface area contributed by atoms with Crippen LogP contribution in [0.1, 0.15) is 48.0 Å². The number of hydrogen-bond donors (Lipinski definition) is 2. The first-order valence-corrected chi connectivity index (χ1v) is 8.65. The van der Waals surface area contributed by atoms with Crippen LogP contribution in [0.2, 0.25) is 0 Å². The summed E-state index contributed by atoms with van der Waals surface area (Å²) in [5, 5.41) is 8.76. The van der Waals surface area contributed by atoms with Crippen LogP contribution in [0.15, 0.2) is 18.2 Å². The van der Waals surface area contributed by atoms with Gasteiger partial charge in [0.05, 0.1) is 13.0 Å². The molecule has 1 aromatic rings. The SMILES string of the molecule is O=C(NO)c1ccc2c(c1)CC(=O)N(CC1CCCCC1)CCO2. The first-order chi connectivity index (χ1) is 11.7. The third-order valence-corrected chi connectivity index (χ3v) is 4.94. The predicted octanol–water partition coefficient (Wildman–Crippen LogP) is 2.15.